The molecular formula is C32H42N8O2. The molecule has 1 aliphatic carbocycles. The molecule has 10 nitrogen and oxygen atoms in total. The fourth-order valence-electron chi connectivity index (χ4n) is 6.43. The van der Waals surface area contributed by atoms with Crippen molar-refractivity contribution in [2.45, 2.75) is 56.6 Å². The first kappa shape index (κ1) is 28.5. The van der Waals surface area contributed by atoms with Gasteiger partial charge in [0.15, 0.2) is 0 Å². The zero-order valence-electron chi connectivity index (χ0n) is 24.9. The summed E-state index contributed by atoms with van der Waals surface area (Å²) in [6, 6.07) is 10.3. The molecule has 1 saturated heterocycles. The van der Waals surface area contributed by atoms with E-state index in [1.807, 2.05) is 13.2 Å². The Balaban J connectivity index is 1.27. The lowest BCUT2D eigenvalue weighted by Crippen LogP contribution is -2.37. The summed E-state index contributed by atoms with van der Waals surface area (Å²) in [5, 5.41) is 17.6. The van der Waals surface area contributed by atoms with Crippen LogP contribution < -0.4 is 5.32 Å². The minimum absolute atomic E-state index is 0.167. The summed E-state index contributed by atoms with van der Waals surface area (Å²) in [6.45, 7) is 4.43. The number of likely N-dealkylation sites (N-methyl/N-ethyl adjacent to an activating group) is 1. The first-order chi connectivity index (χ1) is 20.3. The molecule has 2 aliphatic rings. The van der Waals surface area contributed by atoms with Crippen molar-refractivity contribution in [3.63, 3.8) is 0 Å². The zero-order chi connectivity index (χ0) is 29.2. The Morgan fingerprint density at radius 3 is 2.57 bits per heavy atom. The number of rotatable bonds is 8. The third kappa shape index (κ3) is 6.25. The number of likely N-dealkylation sites (tertiary alicyclic amines) is 1. The largest absolute Gasteiger partial charge is 0.393 e. The van der Waals surface area contributed by atoms with Gasteiger partial charge in [-0.2, -0.15) is 5.10 Å². The molecule has 1 aliphatic heterocycles. The van der Waals surface area contributed by atoms with Gasteiger partial charge in [0.25, 0.3) is 5.91 Å². The van der Waals surface area contributed by atoms with E-state index >= 15 is 0 Å². The summed E-state index contributed by atoms with van der Waals surface area (Å²) in [5.74, 6) is 0.856. The van der Waals surface area contributed by atoms with Gasteiger partial charge in [0.1, 0.15) is 0 Å². The maximum Gasteiger partial charge on any atom is 0.258 e. The van der Waals surface area contributed by atoms with Crippen molar-refractivity contribution in [1.29, 1.82) is 0 Å². The molecule has 42 heavy (non-hydrogen) atoms. The van der Waals surface area contributed by atoms with E-state index in [0.29, 0.717) is 23.1 Å². The maximum atomic E-state index is 13.5. The second kappa shape index (κ2) is 12.3. The molecule has 0 atom stereocenters. The Kier molecular flexibility index (Phi) is 8.37. The number of amides is 1. The van der Waals surface area contributed by atoms with Crippen molar-refractivity contribution in [3.8, 4) is 11.3 Å². The minimum atomic E-state index is -0.259. The molecule has 0 unspecified atom stereocenters. The number of fused-ring (bicyclic) bond motifs is 1. The zero-order valence-corrected chi connectivity index (χ0v) is 24.9. The lowest BCUT2D eigenvalue weighted by atomic mass is 9.89. The number of piperidine rings is 1. The molecule has 4 heterocycles. The van der Waals surface area contributed by atoms with Crippen LogP contribution in [0, 0.1) is 0 Å². The topological polar surface area (TPSA) is 104 Å². The van der Waals surface area contributed by atoms with Crippen LogP contribution >= 0.6 is 0 Å². The lowest BCUT2D eigenvalue weighted by molar-refractivity contribution is 0.102. The van der Waals surface area contributed by atoms with Crippen molar-refractivity contribution in [2.75, 3.05) is 45.6 Å². The van der Waals surface area contributed by atoms with Crippen LogP contribution in [0.15, 0.2) is 48.9 Å². The standard InChI is InChI=1S/C32H42N8O2/c1-37(2)16-17-39-14-11-22(12-15-39)23-4-9-28-30(19-23)40(26-5-7-27(41)8-6-26)32(35-28)36-31(42)24-10-13-33-29(18-24)25-20-34-38(3)21-25/h4,9-10,13,18-22,26-27,41H,5-8,11-12,14-17H2,1-3H3,(H,35,36,42). The Morgan fingerprint density at radius 1 is 1.07 bits per heavy atom. The van der Waals surface area contributed by atoms with Crippen LogP contribution in [0.2, 0.25) is 0 Å². The Hall–Kier alpha value is -3.60. The van der Waals surface area contributed by atoms with E-state index in [-0.39, 0.29) is 18.1 Å². The quantitative estimate of drug-likeness (QED) is 0.326. The highest BCUT2D eigenvalue weighted by molar-refractivity contribution is 6.04. The summed E-state index contributed by atoms with van der Waals surface area (Å²) in [6.07, 6.45) is 10.5. The first-order valence-electron chi connectivity index (χ1n) is 15.2. The van der Waals surface area contributed by atoms with Gasteiger partial charge in [0, 0.05) is 49.7 Å². The SMILES string of the molecule is CN(C)CCN1CCC(c2ccc3nc(NC(=O)c4ccnc(-c5cnn(C)c5)c4)n(C4CCC(O)CC4)c3c2)CC1. The van der Waals surface area contributed by atoms with Gasteiger partial charge in [-0.15, -0.1) is 0 Å². The number of carbonyl (C=O) groups excluding carboxylic acids is 1. The number of aryl methyl sites for hydroxylation is 1. The number of aliphatic hydroxyl groups is 1. The van der Waals surface area contributed by atoms with Gasteiger partial charge in [-0.05, 0) is 101 Å². The second-order valence-electron chi connectivity index (χ2n) is 12.2. The number of carbonyl (C=O) groups is 1. The van der Waals surface area contributed by atoms with Crippen LogP contribution in [0.5, 0.6) is 0 Å². The molecule has 1 saturated carbocycles. The van der Waals surface area contributed by atoms with Gasteiger partial charge >= 0.3 is 0 Å². The van der Waals surface area contributed by atoms with Crippen molar-refractivity contribution in [3.05, 3.63) is 60.0 Å². The molecule has 2 fully saturated rings. The van der Waals surface area contributed by atoms with E-state index in [1.165, 1.54) is 5.56 Å². The number of anilines is 1. The van der Waals surface area contributed by atoms with Crippen LogP contribution in [-0.4, -0.2) is 91.5 Å². The average molecular weight is 571 g/mol. The van der Waals surface area contributed by atoms with Crippen molar-refractivity contribution in [2.24, 2.45) is 7.05 Å². The normalized spacial score (nSPS) is 20.4. The van der Waals surface area contributed by atoms with Gasteiger partial charge in [-0.25, -0.2) is 4.98 Å². The highest BCUT2D eigenvalue weighted by atomic mass is 16.3. The summed E-state index contributed by atoms with van der Waals surface area (Å²) in [4.78, 5) is 27.7. The molecule has 222 valence electrons. The smallest absolute Gasteiger partial charge is 0.258 e. The molecule has 1 aromatic carbocycles. The maximum absolute atomic E-state index is 13.5. The number of hydrogen-bond donors (Lipinski definition) is 2. The average Bonchev–Trinajstić information content (AvgIpc) is 3.59. The molecule has 6 rings (SSSR count). The Bertz CT molecular complexity index is 1530. The van der Waals surface area contributed by atoms with Crippen LogP contribution in [0.1, 0.15) is 66.4 Å². The Morgan fingerprint density at radius 2 is 1.86 bits per heavy atom. The number of nitrogens with zero attached hydrogens (tertiary/aromatic N) is 7. The van der Waals surface area contributed by atoms with Gasteiger partial charge in [-0.1, -0.05) is 6.07 Å². The van der Waals surface area contributed by atoms with Crippen molar-refractivity contribution >= 4 is 22.9 Å². The molecule has 0 bridgehead atoms. The number of pyridine rings is 1. The third-order valence-electron chi connectivity index (χ3n) is 8.92. The van der Waals surface area contributed by atoms with Crippen molar-refractivity contribution in [1.82, 2.24) is 34.1 Å². The van der Waals surface area contributed by atoms with Gasteiger partial charge < -0.3 is 19.5 Å². The highest BCUT2D eigenvalue weighted by Gasteiger charge is 2.27. The Labute approximate surface area is 247 Å². The fourth-order valence-corrected chi connectivity index (χ4v) is 6.43. The van der Waals surface area contributed by atoms with Gasteiger partial charge in [-0.3, -0.25) is 19.8 Å². The summed E-state index contributed by atoms with van der Waals surface area (Å²) in [5.41, 5.74) is 5.36. The predicted molar refractivity (Wildman–Crippen MR) is 165 cm³/mol. The molecule has 4 aromatic rings. The number of imidazole rings is 1. The number of aliphatic hydroxyl groups excluding tert-OH is 1. The number of benzene rings is 1. The number of hydrogen-bond acceptors (Lipinski definition) is 7. The highest BCUT2D eigenvalue weighted by Crippen LogP contribution is 2.37. The van der Waals surface area contributed by atoms with E-state index in [9.17, 15) is 9.90 Å². The van der Waals surface area contributed by atoms with Crippen LogP contribution in [-0.2, 0) is 7.05 Å². The van der Waals surface area contributed by atoms with E-state index in [2.05, 4.69) is 62.1 Å². The van der Waals surface area contributed by atoms with E-state index in [0.717, 1.165) is 81.3 Å². The lowest BCUT2D eigenvalue weighted by Gasteiger charge is -2.33. The van der Waals surface area contributed by atoms with E-state index in [4.69, 9.17) is 4.98 Å². The first-order valence-corrected chi connectivity index (χ1v) is 15.2. The molecule has 0 spiro atoms. The monoisotopic (exact) mass is 570 g/mol. The summed E-state index contributed by atoms with van der Waals surface area (Å²) >= 11 is 0. The van der Waals surface area contributed by atoms with Crippen LogP contribution in [0.25, 0.3) is 22.3 Å². The molecule has 10 heteroatoms. The van der Waals surface area contributed by atoms with Gasteiger partial charge in [0.2, 0.25) is 5.95 Å². The molecule has 2 N–H and O–H groups in total. The third-order valence-corrected chi connectivity index (χ3v) is 8.92. The van der Waals surface area contributed by atoms with E-state index in [1.54, 1.807) is 29.2 Å². The summed E-state index contributed by atoms with van der Waals surface area (Å²) < 4.78 is 3.94. The summed E-state index contributed by atoms with van der Waals surface area (Å²) in [7, 11) is 6.12. The van der Waals surface area contributed by atoms with Crippen LogP contribution in [0.4, 0.5) is 5.95 Å². The van der Waals surface area contributed by atoms with Crippen LogP contribution in [0.3, 0.4) is 0 Å². The molecular weight excluding hydrogens is 528 g/mol. The fraction of sp³-hybridized carbons (Fsp3) is 0.500. The number of nitrogens with one attached hydrogen (secondary N) is 1. The minimum Gasteiger partial charge on any atom is -0.393 e. The molecule has 0 radical (unpaired) electrons. The van der Waals surface area contributed by atoms with Crippen molar-refractivity contribution < 1.29 is 9.90 Å². The molecule has 1 amide bonds. The predicted octanol–water partition coefficient (Wildman–Crippen LogP) is 4.30. The van der Waals surface area contributed by atoms with E-state index < -0.39 is 0 Å². The van der Waals surface area contributed by atoms with Gasteiger partial charge in [0.05, 0.1) is 29.0 Å². The molecule has 3 aromatic heterocycles. The second-order valence-corrected chi connectivity index (χ2v) is 12.2. The number of aromatic nitrogens is 5.